The van der Waals surface area contributed by atoms with Crippen molar-refractivity contribution in [3.05, 3.63) is 89.9 Å². The lowest BCUT2D eigenvalue weighted by atomic mass is 10.0. The number of furan rings is 1. The van der Waals surface area contributed by atoms with Crippen molar-refractivity contribution in [2.75, 3.05) is 31.5 Å². The summed E-state index contributed by atoms with van der Waals surface area (Å²) in [6.45, 7) is 5.52. The van der Waals surface area contributed by atoms with E-state index in [-0.39, 0.29) is 11.8 Å². The number of carbonyl (C=O) groups excluding carboxylic acids is 1. The first-order chi connectivity index (χ1) is 16.0. The largest absolute Gasteiger partial charge is 0.460 e. The van der Waals surface area contributed by atoms with Crippen LogP contribution >= 0.6 is 0 Å². The van der Waals surface area contributed by atoms with Gasteiger partial charge in [-0.05, 0) is 54.4 Å². The second-order valence-electron chi connectivity index (χ2n) is 8.54. The van der Waals surface area contributed by atoms with Crippen molar-refractivity contribution in [1.29, 1.82) is 0 Å². The van der Waals surface area contributed by atoms with Gasteiger partial charge in [0.15, 0.2) is 0 Å². The zero-order chi connectivity index (χ0) is 22.8. The number of carbonyl (C=O) groups is 1. The van der Waals surface area contributed by atoms with Gasteiger partial charge in [0.1, 0.15) is 17.2 Å². The van der Waals surface area contributed by atoms with Crippen LogP contribution in [0.4, 0.5) is 14.9 Å². The van der Waals surface area contributed by atoms with Crippen LogP contribution in [0.15, 0.2) is 77.2 Å². The third-order valence-electron chi connectivity index (χ3n) is 6.07. The van der Waals surface area contributed by atoms with Crippen LogP contribution in [0.25, 0.3) is 22.1 Å². The fourth-order valence-corrected chi connectivity index (χ4v) is 4.20. The molecular formula is C27H26FN3O2. The molecule has 0 radical (unpaired) electrons. The Morgan fingerprint density at radius 3 is 2.45 bits per heavy atom. The number of halogens is 1. The van der Waals surface area contributed by atoms with E-state index >= 15 is 0 Å². The summed E-state index contributed by atoms with van der Waals surface area (Å²) in [5.74, 6) is 0.554. The van der Waals surface area contributed by atoms with E-state index in [0.717, 1.165) is 29.8 Å². The summed E-state index contributed by atoms with van der Waals surface area (Å²) in [7, 11) is 0. The summed E-state index contributed by atoms with van der Waals surface area (Å²) >= 11 is 0. The number of urea groups is 1. The van der Waals surface area contributed by atoms with E-state index in [9.17, 15) is 9.18 Å². The fourth-order valence-electron chi connectivity index (χ4n) is 4.20. The number of anilines is 1. The molecule has 0 spiro atoms. The van der Waals surface area contributed by atoms with Gasteiger partial charge in [-0.2, -0.15) is 0 Å². The van der Waals surface area contributed by atoms with Crippen molar-refractivity contribution in [2.45, 2.75) is 13.5 Å². The van der Waals surface area contributed by atoms with Gasteiger partial charge in [0.05, 0.1) is 6.54 Å². The zero-order valence-corrected chi connectivity index (χ0v) is 18.6. The van der Waals surface area contributed by atoms with E-state index in [4.69, 9.17) is 4.42 Å². The third-order valence-corrected chi connectivity index (χ3v) is 6.07. The molecule has 0 saturated carbocycles. The number of nitrogens with zero attached hydrogens (tertiary/aromatic N) is 2. The lowest BCUT2D eigenvalue weighted by Crippen LogP contribution is -2.49. The van der Waals surface area contributed by atoms with Crippen LogP contribution in [0.5, 0.6) is 0 Å². The molecule has 5 rings (SSSR count). The minimum absolute atomic E-state index is 0.201. The normalized spacial score (nSPS) is 14.5. The lowest BCUT2D eigenvalue weighted by Gasteiger charge is -2.34. The predicted molar refractivity (Wildman–Crippen MR) is 129 cm³/mol. The summed E-state index contributed by atoms with van der Waals surface area (Å²) in [5, 5.41) is 3.86. The van der Waals surface area contributed by atoms with Gasteiger partial charge in [0.2, 0.25) is 0 Å². The molecule has 1 aromatic heterocycles. The number of hydrogen-bond acceptors (Lipinski definition) is 3. The number of hydrogen-bond donors (Lipinski definition) is 1. The highest BCUT2D eigenvalue weighted by Gasteiger charge is 2.22. The van der Waals surface area contributed by atoms with Crippen LogP contribution in [0, 0.1) is 12.7 Å². The van der Waals surface area contributed by atoms with Crippen LogP contribution < -0.4 is 5.32 Å². The van der Waals surface area contributed by atoms with Crippen LogP contribution in [0.1, 0.15) is 11.3 Å². The summed E-state index contributed by atoms with van der Waals surface area (Å²) in [5.41, 5.74) is 4.96. The molecule has 0 aliphatic carbocycles. The monoisotopic (exact) mass is 443 g/mol. The van der Waals surface area contributed by atoms with Crippen molar-refractivity contribution in [3.63, 3.8) is 0 Å². The van der Waals surface area contributed by atoms with E-state index in [2.05, 4.69) is 59.6 Å². The molecule has 2 amide bonds. The van der Waals surface area contributed by atoms with Gasteiger partial charge in [-0.25, -0.2) is 9.18 Å². The van der Waals surface area contributed by atoms with Crippen molar-refractivity contribution < 1.29 is 13.6 Å². The highest BCUT2D eigenvalue weighted by atomic mass is 19.1. The standard InChI is InChI=1S/C27H26FN3O2/c1-19-5-7-20(8-6-19)21-9-10-26-22(15-21)16-25(33-26)18-30-11-13-31(14-12-30)27(32)29-24-4-2-3-23(28)17-24/h2-10,15-17H,11-14,18H2,1H3,(H,29,32). The Bertz CT molecular complexity index is 1270. The Kier molecular flexibility index (Phi) is 5.84. The summed E-state index contributed by atoms with van der Waals surface area (Å²) in [4.78, 5) is 16.5. The van der Waals surface area contributed by atoms with E-state index in [0.29, 0.717) is 25.3 Å². The van der Waals surface area contributed by atoms with Crippen molar-refractivity contribution in [2.24, 2.45) is 0 Å². The van der Waals surface area contributed by atoms with Gasteiger partial charge >= 0.3 is 6.03 Å². The molecule has 1 aliphatic rings. The first-order valence-corrected chi connectivity index (χ1v) is 11.2. The van der Waals surface area contributed by atoms with Crippen molar-refractivity contribution in [1.82, 2.24) is 9.80 Å². The molecule has 5 nitrogen and oxygen atoms in total. The topological polar surface area (TPSA) is 48.7 Å². The van der Waals surface area contributed by atoms with Crippen LogP contribution in [0.2, 0.25) is 0 Å². The molecule has 1 N–H and O–H groups in total. The molecule has 168 valence electrons. The zero-order valence-electron chi connectivity index (χ0n) is 18.6. The average Bonchev–Trinajstić information content (AvgIpc) is 3.21. The molecule has 4 aromatic rings. The molecule has 0 unspecified atom stereocenters. The van der Waals surface area contributed by atoms with Crippen LogP contribution in [0.3, 0.4) is 0 Å². The maximum atomic E-state index is 13.3. The third kappa shape index (κ3) is 4.91. The van der Waals surface area contributed by atoms with Gasteiger partial charge in [0, 0.05) is 37.3 Å². The maximum Gasteiger partial charge on any atom is 0.321 e. The highest BCUT2D eigenvalue weighted by molar-refractivity contribution is 5.89. The summed E-state index contributed by atoms with van der Waals surface area (Å²) in [6, 6.07) is 22.7. The number of benzene rings is 3. The van der Waals surface area contributed by atoms with Crippen molar-refractivity contribution >= 4 is 22.7 Å². The smallest absolute Gasteiger partial charge is 0.321 e. The molecule has 3 aromatic carbocycles. The number of amides is 2. The van der Waals surface area contributed by atoms with Crippen LogP contribution in [-0.2, 0) is 6.54 Å². The number of fused-ring (bicyclic) bond motifs is 1. The van der Waals surface area contributed by atoms with E-state index < -0.39 is 0 Å². The second-order valence-corrected chi connectivity index (χ2v) is 8.54. The number of rotatable bonds is 4. The SMILES string of the molecule is Cc1ccc(-c2ccc3oc(CN4CCN(C(=O)Nc5cccc(F)c5)CC4)cc3c2)cc1. The Hall–Kier alpha value is -3.64. The molecule has 33 heavy (non-hydrogen) atoms. The van der Waals surface area contributed by atoms with Gasteiger partial charge in [-0.3, -0.25) is 4.90 Å². The van der Waals surface area contributed by atoms with Gasteiger partial charge in [-0.1, -0.05) is 42.0 Å². The molecular weight excluding hydrogens is 417 g/mol. The fraction of sp³-hybridized carbons (Fsp3) is 0.222. The summed E-state index contributed by atoms with van der Waals surface area (Å²) in [6.07, 6.45) is 0. The number of piperazine rings is 1. The lowest BCUT2D eigenvalue weighted by molar-refractivity contribution is 0.137. The molecule has 0 bridgehead atoms. The Morgan fingerprint density at radius 1 is 0.939 bits per heavy atom. The van der Waals surface area contributed by atoms with Crippen LogP contribution in [-0.4, -0.2) is 42.0 Å². The number of nitrogens with one attached hydrogen (secondary N) is 1. The first kappa shape index (κ1) is 21.2. The molecule has 1 aliphatic heterocycles. The molecule has 1 saturated heterocycles. The van der Waals surface area contributed by atoms with E-state index in [1.54, 1.807) is 17.0 Å². The minimum Gasteiger partial charge on any atom is -0.460 e. The summed E-state index contributed by atoms with van der Waals surface area (Å²) < 4.78 is 19.4. The number of aryl methyl sites for hydroxylation is 1. The Balaban J connectivity index is 1.19. The highest BCUT2D eigenvalue weighted by Crippen LogP contribution is 2.27. The van der Waals surface area contributed by atoms with E-state index in [1.165, 1.54) is 28.8 Å². The minimum atomic E-state index is -0.366. The molecule has 6 heteroatoms. The molecule has 0 atom stereocenters. The van der Waals surface area contributed by atoms with Gasteiger partial charge < -0.3 is 14.6 Å². The van der Waals surface area contributed by atoms with Gasteiger partial charge in [-0.15, -0.1) is 0 Å². The second kappa shape index (κ2) is 9.08. The Labute approximate surface area is 192 Å². The quantitative estimate of drug-likeness (QED) is 0.427. The maximum absolute atomic E-state index is 13.3. The predicted octanol–water partition coefficient (Wildman–Crippen LogP) is 5.90. The Morgan fingerprint density at radius 2 is 1.70 bits per heavy atom. The average molecular weight is 444 g/mol. The first-order valence-electron chi connectivity index (χ1n) is 11.2. The molecule has 1 fully saturated rings. The molecule has 2 heterocycles. The van der Waals surface area contributed by atoms with Crippen molar-refractivity contribution in [3.8, 4) is 11.1 Å². The van der Waals surface area contributed by atoms with Gasteiger partial charge in [0.25, 0.3) is 0 Å². The van der Waals surface area contributed by atoms with E-state index in [1.807, 2.05) is 6.07 Å².